The molecule has 0 N–H and O–H groups in total. The minimum Gasteiger partial charge on any atom is -0.442 e. The zero-order valence-electron chi connectivity index (χ0n) is 7.43. The topological polar surface area (TPSA) is 35.3 Å². The lowest BCUT2D eigenvalue weighted by molar-refractivity contribution is 0.157. The second-order valence-electron chi connectivity index (χ2n) is 2.85. The fourth-order valence-corrected chi connectivity index (χ4v) is 1.63. The van der Waals surface area contributed by atoms with Crippen LogP contribution >= 0.6 is 15.9 Å². The van der Waals surface area contributed by atoms with Gasteiger partial charge in [0.2, 0.25) is 5.89 Å². The molecule has 0 spiro atoms. The van der Waals surface area contributed by atoms with Crippen LogP contribution in [0.4, 0.5) is 0 Å². The molecular formula is C8H12BrNO2. The number of aromatic nitrogens is 1. The largest absolute Gasteiger partial charge is 0.442 e. The van der Waals surface area contributed by atoms with Crippen molar-refractivity contribution in [3.05, 3.63) is 16.3 Å². The molecule has 0 atom stereocenters. The Labute approximate surface area is 80.3 Å². The Bertz CT molecular complexity index is 258. The SMILES string of the molecule is COCc1nc(Br)c(C(C)C)o1. The molecule has 1 heterocycles. The summed E-state index contributed by atoms with van der Waals surface area (Å²) in [6, 6.07) is 0. The molecule has 0 fully saturated rings. The molecule has 4 heteroatoms. The average molecular weight is 234 g/mol. The van der Waals surface area contributed by atoms with Crippen molar-refractivity contribution in [1.82, 2.24) is 4.98 Å². The quantitative estimate of drug-likeness (QED) is 0.806. The van der Waals surface area contributed by atoms with Crippen LogP contribution in [-0.4, -0.2) is 12.1 Å². The Morgan fingerprint density at radius 3 is 2.67 bits per heavy atom. The van der Waals surface area contributed by atoms with Crippen LogP contribution in [0.1, 0.15) is 31.4 Å². The second-order valence-corrected chi connectivity index (χ2v) is 3.60. The first kappa shape index (κ1) is 9.74. The molecular weight excluding hydrogens is 222 g/mol. The lowest BCUT2D eigenvalue weighted by atomic mass is 10.2. The number of nitrogens with zero attached hydrogens (tertiary/aromatic N) is 1. The Hall–Kier alpha value is -0.350. The summed E-state index contributed by atoms with van der Waals surface area (Å²) in [4.78, 5) is 4.15. The highest BCUT2D eigenvalue weighted by Gasteiger charge is 2.13. The van der Waals surface area contributed by atoms with Gasteiger partial charge in [-0.15, -0.1) is 0 Å². The maximum Gasteiger partial charge on any atom is 0.221 e. The molecule has 0 saturated heterocycles. The van der Waals surface area contributed by atoms with E-state index in [1.807, 2.05) is 0 Å². The summed E-state index contributed by atoms with van der Waals surface area (Å²) < 4.78 is 11.1. The van der Waals surface area contributed by atoms with Crippen LogP contribution in [0.2, 0.25) is 0 Å². The summed E-state index contributed by atoms with van der Waals surface area (Å²) in [6.07, 6.45) is 0. The van der Waals surface area contributed by atoms with E-state index in [1.54, 1.807) is 7.11 Å². The lowest BCUT2D eigenvalue weighted by Crippen LogP contribution is -1.85. The minimum atomic E-state index is 0.345. The van der Waals surface area contributed by atoms with Gasteiger partial charge in [0.05, 0.1) is 0 Å². The molecule has 68 valence electrons. The van der Waals surface area contributed by atoms with Crippen LogP contribution in [-0.2, 0) is 11.3 Å². The number of rotatable bonds is 3. The van der Waals surface area contributed by atoms with E-state index >= 15 is 0 Å². The van der Waals surface area contributed by atoms with Gasteiger partial charge in [-0.1, -0.05) is 13.8 Å². The Kier molecular flexibility index (Phi) is 3.29. The van der Waals surface area contributed by atoms with Crippen LogP contribution in [0, 0.1) is 0 Å². The number of halogens is 1. The van der Waals surface area contributed by atoms with Crippen LogP contribution in [0.3, 0.4) is 0 Å². The Balaban J connectivity index is 2.85. The molecule has 12 heavy (non-hydrogen) atoms. The Morgan fingerprint density at radius 2 is 2.25 bits per heavy atom. The molecule has 1 aromatic rings. The molecule has 0 unspecified atom stereocenters. The van der Waals surface area contributed by atoms with Crippen molar-refractivity contribution in [2.45, 2.75) is 26.4 Å². The molecule has 3 nitrogen and oxygen atoms in total. The first-order valence-corrected chi connectivity index (χ1v) is 4.58. The van der Waals surface area contributed by atoms with E-state index in [9.17, 15) is 0 Å². The predicted octanol–water partition coefficient (Wildman–Crippen LogP) is 2.71. The van der Waals surface area contributed by atoms with Gasteiger partial charge < -0.3 is 9.15 Å². The molecule has 0 aliphatic heterocycles. The van der Waals surface area contributed by atoms with Gasteiger partial charge >= 0.3 is 0 Å². The number of hydrogen-bond acceptors (Lipinski definition) is 3. The van der Waals surface area contributed by atoms with Gasteiger partial charge in [-0.2, -0.15) is 0 Å². The molecule has 0 radical (unpaired) electrons. The monoisotopic (exact) mass is 233 g/mol. The number of ether oxygens (including phenoxy) is 1. The summed E-state index contributed by atoms with van der Waals surface area (Å²) in [7, 11) is 1.62. The van der Waals surface area contributed by atoms with Crippen LogP contribution in [0.25, 0.3) is 0 Å². The van der Waals surface area contributed by atoms with E-state index in [2.05, 4.69) is 34.8 Å². The first-order chi connectivity index (χ1) is 5.65. The lowest BCUT2D eigenvalue weighted by Gasteiger charge is -1.97. The molecule has 0 aliphatic carbocycles. The smallest absolute Gasteiger partial charge is 0.221 e. The van der Waals surface area contributed by atoms with E-state index < -0.39 is 0 Å². The third kappa shape index (κ3) is 2.08. The van der Waals surface area contributed by atoms with Gasteiger partial charge in [-0.25, -0.2) is 4.98 Å². The van der Waals surface area contributed by atoms with E-state index in [1.165, 1.54) is 0 Å². The number of hydrogen-bond donors (Lipinski definition) is 0. The maximum absolute atomic E-state index is 5.43. The van der Waals surface area contributed by atoms with E-state index in [0.717, 1.165) is 10.4 Å². The highest BCUT2D eigenvalue weighted by Crippen LogP contribution is 2.25. The third-order valence-electron chi connectivity index (χ3n) is 1.45. The normalized spacial score (nSPS) is 11.1. The molecule has 0 amide bonds. The Morgan fingerprint density at radius 1 is 1.58 bits per heavy atom. The van der Waals surface area contributed by atoms with Crippen molar-refractivity contribution in [2.24, 2.45) is 0 Å². The molecule has 0 aliphatic rings. The van der Waals surface area contributed by atoms with E-state index in [-0.39, 0.29) is 0 Å². The maximum atomic E-state index is 5.43. The van der Waals surface area contributed by atoms with Crippen LogP contribution in [0.5, 0.6) is 0 Å². The molecule has 0 aromatic carbocycles. The van der Waals surface area contributed by atoms with Gasteiger partial charge in [0.15, 0.2) is 0 Å². The van der Waals surface area contributed by atoms with Crippen molar-refractivity contribution < 1.29 is 9.15 Å². The molecule has 1 rings (SSSR count). The standard InChI is InChI=1S/C8H12BrNO2/c1-5(2)7-8(9)10-6(12-7)4-11-3/h5H,4H2,1-3H3. The molecule has 0 bridgehead atoms. The van der Waals surface area contributed by atoms with Gasteiger partial charge in [0.25, 0.3) is 0 Å². The van der Waals surface area contributed by atoms with Gasteiger partial charge in [-0.3, -0.25) is 0 Å². The minimum absolute atomic E-state index is 0.345. The van der Waals surface area contributed by atoms with Crippen molar-refractivity contribution in [3.63, 3.8) is 0 Å². The highest BCUT2D eigenvalue weighted by molar-refractivity contribution is 9.10. The van der Waals surface area contributed by atoms with Crippen molar-refractivity contribution in [1.29, 1.82) is 0 Å². The van der Waals surface area contributed by atoms with Crippen molar-refractivity contribution >= 4 is 15.9 Å². The average Bonchev–Trinajstić information content (AvgIpc) is 2.32. The van der Waals surface area contributed by atoms with Crippen LogP contribution < -0.4 is 0 Å². The van der Waals surface area contributed by atoms with E-state index in [4.69, 9.17) is 9.15 Å². The fraction of sp³-hybridized carbons (Fsp3) is 0.625. The first-order valence-electron chi connectivity index (χ1n) is 3.79. The summed E-state index contributed by atoms with van der Waals surface area (Å²) in [5.74, 6) is 1.84. The zero-order chi connectivity index (χ0) is 9.14. The molecule has 0 saturated carbocycles. The fourth-order valence-electron chi connectivity index (χ4n) is 0.898. The zero-order valence-corrected chi connectivity index (χ0v) is 9.01. The summed E-state index contributed by atoms with van der Waals surface area (Å²) in [5.41, 5.74) is 0. The van der Waals surface area contributed by atoms with Gasteiger partial charge in [0, 0.05) is 13.0 Å². The van der Waals surface area contributed by atoms with Crippen molar-refractivity contribution in [3.8, 4) is 0 Å². The van der Waals surface area contributed by atoms with Crippen LogP contribution in [0.15, 0.2) is 9.02 Å². The van der Waals surface area contributed by atoms with Crippen molar-refractivity contribution in [2.75, 3.05) is 7.11 Å². The van der Waals surface area contributed by atoms with E-state index in [0.29, 0.717) is 18.4 Å². The third-order valence-corrected chi connectivity index (χ3v) is 2.01. The summed E-state index contributed by atoms with van der Waals surface area (Å²) in [5, 5.41) is 0. The highest BCUT2D eigenvalue weighted by atomic mass is 79.9. The van der Waals surface area contributed by atoms with Gasteiger partial charge in [0.1, 0.15) is 17.0 Å². The predicted molar refractivity (Wildman–Crippen MR) is 49.0 cm³/mol. The summed E-state index contributed by atoms with van der Waals surface area (Å²) in [6.45, 7) is 4.54. The second kappa shape index (κ2) is 4.05. The number of oxazole rings is 1. The summed E-state index contributed by atoms with van der Waals surface area (Å²) >= 11 is 3.33. The number of methoxy groups -OCH3 is 1. The molecule has 1 aromatic heterocycles. The van der Waals surface area contributed by atoms with Gasteiger partial charge in [-0.05, 0) is 15.9 Å².